The molecule has 2 fully saturated rings. The topological polar surface area (TPSA) is 145 Å². The molecule has 0 aromatic heterocycles. The van der Waals surface area contributed by atoms with E-state index in [-0.39, 0.29) is 34.6 Å². The summed E-state index contributed by atoms with van der Waals surface area (Å²) in [7, 11) is 0. The van der Waals surface area contributed by atoms with Gasteiger partial charge in [0.05, 0.1) is 17.7 Å². The fourth-order valence-corrected chi connectivity index (χ4v) is 8.30. The van der Waals surface area contributed by atoms with E-state index in [4.69, 9.17) is 34.0 Å². The number of amides is 1. The van der Waals surface area contributed by atoms with E-state index in [9.17, 15) is 19.8 Å². The zero-order valence-corrected chi connectivity index (χ0v) is 25.7. The van der Waals surface area contributed by atoms with E-state index in [2.05, 4.69) is 17.6 Å². The van der Waals surface area contributed by atoms with Crippen molar-refractivity contribution in [3.05, 3.63) is 63.4 Å². The zero-order valence-electron chi connectivity index (χ0n) is 24.2. The van der Waals surface area contributed by atoms with Crippen LogP contribution in [0.5, 0.6) is 0 Å². The Labute approximate surface area is 261 Å². The number of anilines is 1. The van der Waals surface area contributed by atoms with Gasteiger partial charge in [0.25, 0.3) is 0 Å². The van der Waals surface area contributed by atoms with Crippen LogP contribution < -0.4 is 16.4 Å². The highest BCUT2D eigenvalue weighted by molar-refractivity contribution is 6.31. The zero-order chi connectivity index (χ0) is 31.2. The van der Waals surface area contributed by atoms with Gasteiger partial charge in [0.15, 0.2) is 0 Å². The Kier molecular flexibility index (Phi) is 9.16. The van der Waals surface area contributed by atoms with E-state index in [0.29, 0.717) is 61.2 Å². The number of rotatable bonds is 10. The fraction of sp³-hybridized carbons (Fsp3) is 0.562. The minimum atomic E-state index is -1.44. The third-order valence-corrected chi connectivity index (χ3v) is 10.8. The van der Waals surface area contributed by atoms with Crippen molar-refractivity contribution in [2.45, 2.75) is 99.8 Å². The molecule has 1 saturated carbocycles. The van der Waals surface area contributed by atoms with Crippen LogP contribution in [-0.4, -0.2) is 57.5 Å². The number of aliphatic hydroxyl groups excluding tert-OH is 2. The highest BCUT2D eigenvalue weighted by Gasteiger charge is 2.73. The predicted octanol–water partition coefficient (Wildman–Crippen LogP) is 5.11. The molecule has 2 heterocycles. The molecule has 1 amide bonds. The van der Waals surface area contributed by atoms with Gasteiger partial charge < -0.3 is 26.4 Å². The van der Waals surface area contributed by atoms with E-state index in [1.165, 1.54) is 12.1 Å². The lowest BCUT2D eigenvalue weighted by molar-refractivity contribution is -0.139. The van der Waals surface area contributed by atoms with Crippen molar-refractivity contribution in [2.75, 3.05) is 11.9 Å². The van der Waals surface area contributed by atoms with Crippen molar-refractivity contribution in [2.24, 2.45) is 11.1 Å². The van der Waals surface area contributed by atoms with Crippen molar-refractivity contribution in [3.63, 3.8) is 0 Å². The first-order chi connectivity index (χ1) is 20.4. The van der Waals surface area contributed by atoms with Gasteiger partial charge in [-0.15, -0.1) is 0 Å². The van der Waals surface area contributed by atoms with E-state index in [1.54, 1.807) is 24.3 Å². The highest BCUT2D eigenvalue weighted by atomic mass is 35.5. The van der Waals surface area contributed by atoms with E-state index in [0.717, 1.165) is 12.8 Å². The second-order valence-electron chi connectivity index (χ2n) is 13.0. The first-order valence-corrected chi connectivity index (χ1v) is 15.7. The van der Waals surface area contributed by atoms with Crippen molar-refractivity contribution in [1.82, 2.24) is 5.32 Å². The molecule has 0 bridgehead atoms. The number of halogens is 3. The molecule has 2 aromatic rings. The van der Waals surface area contributed by atoms with Crippen LogP contribution in [0.1, 0.15) is 81.8 Å². The van der Waals surface area contributed by atoms with Gasteiger partial charge in [0.2, 0.25) is 5.91 Å². The van der Waals surface area contributed by atoms with Crippen molar-refractivity contribution < 1.29 is 29.3 Å². The number of carbonyl (C=O) groups is 2. The lowest BCUT2D eigenvalue weighted by atomic mass is 9.52. The lowest BCUT2D eigenvalue weighted by Crippen LogP contribution is -2.61. The molecule has 2 aromatic carbocycles. The summed E-state index contributed by atoms with van der Waals surface area (Å²) in [5.41, 5.74) is 4.38. The van der Waals surface area contributed by atoms with Gasteiger partial charge in [0.1, 0.15) is 17.3 Å². The number of nitrogens with one attached hydrogen (secondary N) is 2. The molecule has 2 spiro atoms. The van der Waals surface area contributed by atoms with Crippen LogP contribution in [0.15, 0.2) is 36.4 Å². The first kappa shape index (κ1) is 32.1. The Bertz CT molecular complexity index is 1380. The molecule has 1 saturated heterocycles. The fourth-order valence-electron chi connectivity index (χ4n) is 7.95. The number of carbonyl (C=O) groups excluding carboxylic acids is 1. The van der Waals surface area contributed by atoms with Crippen LogP contribution in [-0.2, 0) is 15.0 Å². The third kappa shape index (κ3) is 5.57. The molecule has 5 atom stereocenters. The van der Waals surface area contributed by atoms with Gasteiger partial charge in [-0.25, -0.2) is 4.39 Å². The number of benzene rings is 2. The van der Waals surface area contributed by atoms with Gasteiger partial charge in [-0.2, -0.15) is 0 Å². The molecular weight excluding hydrogens is 596 g/mol. The number of carboxylic acids is 1. The molecule has 7 N–H and O–H groups in total. The predicted molar refractivity (Wildman–Crippen MR) is 164 cm³/mol. The highest BCUT2D eigenvalue weighted by Crippen LogP contribution is 2.64. The molecule has 2 aliphatic heterocycles. The van der Waals surface area contributed by atoms with E-state index in [1.807, 2.05) is 0 Å². The van der Waals surface area contributed by atoms with Gasteiger partial charge in [-0.3, -0.25) is 14.9 Å². The van der Waals surface area contributed by atoms with Crippen molar-refractivity contribution >= 4 is 40.8 Å². The summed E-state index contributed by atoms with van der Waals surface area (Å²) in [5.74, 6) is -3.37. The van der Waals surface area contributed by atoms with E-state index >= 15 is 4.39 Å². The van der Waals surface area contributed by atoms with Gasteiger partial charge in [-0.05, 0) is 92.5 Å². The number of nitrogens with two attached hydrogens (primary N) is 1. The largest absolute Gasteiger partial charge is 0.480 e. The summed E-state index contributed by atoms with van der Waals surface area (Å²) in [6.07, 6.45) is 5.16. The summed E-state index contributed by atoms with van der Waals surface area (Å²) in [5, 5.41) is 36.9. The number of aliphatic hydroxyl groups is 2. The molecule has 0 radical (unpaired) electrons. The smallest absolute Gasteiger partial charge is 0.321 e. The molecule has 1 aliphatic carbocycles. The monoisotopic (exact) mass is 635 g/mol. The number of hydrogen-bond donors (Lipinski definition) is 6. The number of aliphatic carboxylic acids is 1. The standard InChI is InChI=1S/C32H40Cl2FN3O5/c1-30(11-10-20(40)5-2-4-19(36)17-39)12-14-31(15-13-30)32(22-9-8-18(33)16-24(22)37-29(32)43)25(27(38-31)28(41)42)21-6-3-7-23(34)26(21)35/h3,6-9,16,19-20,25,27,38-40H,2,4-5,10-15,17,36H2,1H3,(H,37,43)(H,41,42)/t19-,20+,25+,27-,30?,31?,32?/m1/s1. The van der Waals surface area contributed by atoms with Gasteiger partial charge in [-0.1, -0.05) is 48.3 Å². The average Bonchev–Trinajstić information content (AvgIpc) is 3.43. The normalized spacial score (nSPS) is 31.3. The lowest BCUT2D eigenvalue weighted by Gasteiger charge is -2.51. The van der Waals surface area contributed by atoms with Gasteiger partial charge >= 0.3 is 5.97 Å². The Morgan fingerprint density at radius 2 is 1.86 bits per heavy atom. The number of hydrogen-bond acceptors (Lipinski definition) is 6. The average molecular weight is 637 g/mol. The number of carboxylic acid groups (broad SMARTS) is 1. The van der Waals surface area contributed by atoms with Crippen LogP contribution in [0.4, 0.5) is 10.1 Å². The summed E-state index contributed by atoms with van der Waals surface area (Å²) >= 11 is 12.5. The Balaban J connectivity index is 1.49. The summed E-state index contributed by atoms with van der Waals surface area (Å²) in [6, 6.07) is 8.06. The van der Waals surface area contributed by atoms with Gasteiger partial charge in [0, 0.05) is 28.2 Å². The summed E-state index contributed by atoms with van der Waals surface area (Å²) < 4.78 is 15.8. The van der Waals surface area contributed by atoms with Crippen molar-refractivity contribution in [1.29, 1.82) is 0 Å². The molecule has 234 valence electrons. The van der Waals surface area contributed by atoms with Crippen LogP contribution in [0.2, 0.25) is 10.0 Å². The van der Waals surface area contributed by atoms with Crippen LogP contribution >= 0.6 is 23.2 Å². The Morgan fingerprint density at radius 1 is 1.14 bits per heavy atom. The molecule has 8 nitrogen and oxygen atoms in total. The minimum absolute atomic E-state index is 0.0749. The molecule has 11 heteroatoms. The molecule has 3 aliphatic rings. The molecule has 5 rings (SSSR count). The van der Waals surface area contributed by atoms with Crippen LogP contribution in [0.25, 0.3) is 0 Å². The Morgan fingerprint density at radius 3 is 2.53 bits per heavy atom. The second-order valence-corrected chi connectivity index (χ2v) is 13.8. The maximum atomic E-state index is 15.8. The first-order valence-electron chi connectivity index (χ1n) is 15.0. The maximum Gasteiger partial charge on any atom is 0.321 e. The molecule has 43 heavy (non-hydrogen) atoms. The minimum Gasteiger partial charge on any atom is -0.480 e. The third-order valence-electron chi connectivity index (χ3n) is 10.3. The SMILES string of the molecule is CC1(CC[C@@H](O)CCC[C@@H](N)CO)CCC2(CC1)N[C@@H](C(=O)O)[C@H](c1cccc(Cl)c1F)C21C(=O)Nc2cc(Cl)ccc21. The Hall–Kier alpha value is -2.27. The summed E-state index contributed by atoms with van der Waals surface area (Å²) in [6.45, 7) is 2.09. The quantitative estimate of drug-likeness (QED) is 0.213. The number of fused-ring (bicyclic) bond motifs is 3. The summed E-state index contributed by atoms with van der Waals surface area (Å²) in [4.78, 5) is 27.2. The molecule has 1 unspecified atom stereocenters. The van der Waals surface area contributed by atoms with E-state index < -0.39 is 40.8 Å². The maximum absolute atomic E-state index is 15.8. The van der Waals surface area contributed by atoms with Crippen molar-refractivity contribution in [3.8, 4) is 0 Å². The molecular formula is C32H40Cl2FN3O5. The second kappa shape index (κ2) is 12.3. The van der Waals surface area contributed by atoms with Crippen LogP contribution in [0, 0.1) is 11.2 Å². The van der Waals surface area contributed by atoms with Crippen LogP contribution in [0.3, 0.4) is 0 Å².